The first-order valence-corrected chi connectivity index (χ1v) is 7.70. The summed E-state index contributed by atoms with van der Waals surface area (Å²) in [5.74, 6) is 1.49. The zero-order valence-electron chi connectivity index (χ0n) is 12.4. The number of amides is 1. The number of carbonyl (C=O) groups excluding carboxylic acids is 1. The number of hydrogen-bond donors (Lipinski definition) is 2. The van der Waals surface area contributed by atoms with Crippen LogP contribution in [0.5, 0.6) is 11.5 Å². The topological polar surface area (TPSA) is 59.6 Å². The number of carbonyl (C=O) groups is 1. The monoisotopic (exact) mass is 290 g/mol. The van der Waals surface area contributed by atoms with E-state index in [4.69, 9.17) is 9.47 Å². The minimum Gasteiger partial charge on any atom is -0.490 e. The molecule has 2 N–H and O–H groups in total. The third-order valence-corrected chi connectivity index (χ3v) is 4.29. The molecule has 5 nitrogen and oxygen atoms in total. The molecular formula is C16H22N2O3. The lowest BCUT2D eigenvalue weighted by Gasteiger charge is -2.26. The zero-order chi connectivity index (χ0) is 14.7. The number of fused-ring (bicyclic) bond motifs is 1. The number of hydrogen-bond acceptors (Lipinski definition) is 4. The molecule has 0 aliphatic carbocycles. The number of benzene rings is 1. The zero-order valence-corrected chi connectivity index (χ0v) is 12.4. The Labute approximate surface area is 125 Å². The maximum absolute atomic E-state index is 12.6. The van der Waals surface area contributed by atoms with E-state index in [2.05, 4.69) is 10.6 Å². The molecule has 5 heteroatoms. The quantitative estimate of drug-likeness (QED) is 0.897. The number of ether oxygens (including phenoxy) is 2. The van der Waals surface area contributed by atoms with Crippen LogP contribution in [0.25, 0.3) is 0 Å². The van der Waals surface area contributed by atoms with Crippen molar-refractivity contribution in [3.8, 4) is 11.5 Å². The summed E-state index contributed by atoms with van der Waals surface area (Å²) >= 11 is 0. The van der Waals surface area contributed by atoms with E-state index >= 15 is 0 Å². The maximum Gasteiger partial charge on any atom is 0.244 e. The third-order valence-electron chi connectivity index (χ3n) is 4.29. The Morgan fingerprint density at radius 2 is 2.10 bits per heavy atom. The summed E-state index contributed by atoms with van der Waals surface area (Å²) in [6.45, 7) is 4.26. The fourth-order valence-electron chi connectivity index (χ4n) is 2.95. The molecule has 0 spiro atoms. The third kappa shape index (κ3) is 2.83. The summed E-state index contributed by atoms with van der Waals surface area (Å²) in [5.41, 5.74) is 0.329. The predicted octanol–water partition coefficient (Wildman–Crippen LogP) is 2.32. The molecule has 1 atom stereocenters. The van der Waals surface area contributed by atoms with Gasteiger partial charge < -0.3 is 20.1 Å². The highest BCUT2D eigenvalue weighted by atomic mass is 16.5. The minimum atomic E-state index is -0.426. The molecule has 1 fully saturated rings. The Balaban J connectivity index is 1.75. The van der Waals surface area contributed by atoms with Crippen molar-refractivity contribution in [3.05, 3.63) is 18.2 Å². The molecule has 1 aromatic rings. The van der Waals surface area contributed by atoms with Gasteiger partial charge in [0.2, 0.25) is 5.91 Å². The molecular weight excluding hydrogens is 268 g/mol. The Morgan fingerprint density at radius 3 is 2.81 bits per heavy atom. The first kappa shape index (κ1) is 14.2. The van der Waals surface area contributed by atoms with Gasteiger partial charge in [-0.05, 0) is 37.9 Å². The van der Waals surface area contributed by atoms with Crippen LogP contribution in [0.1, 0.15) is 32.6 Å². The summed E-state index contributed by atoms with van der Waals surface area (Å²) in [5, 5.41) is 6.35. The molecule has 1 unspecified atom stereocenters. The van der Waals surface area contributed by atoms with Gasteiger partial charge in [0.05, 0.1) is 18.8 Å². The first-order chi connectivity index (χ1) is 10.2. The van der Waals surface area contributed by atoms with E-state index < -0.39 is 5.54 Å². The molecule has 2 aliphatic heterocycles. The van der Waals surface area contributed by atoms with E-state index in [9.17, 15) is 4.79 Å². The van der Waals surface area contributed by atoms with Crippen LogP contribution >= 0.6 is 0 Å². The first-order valence-electron chi connectivity index (χ1n) is 7.70. The Morgan fingerprint density at radius 1 is 1.29 bits per heavy atom. The molecule has 1 aromatic carbocycles. The average Bonchev–Trinajstić information content (AvgIpc) is 2.88. The van der Waals surface area contributed by atoms with E-state index in [0.717, 1.165) is 43.7 Å². The molecule has 0 saturated carbocycles. The highest BCUT2D eigenvalue weighted by molar-refractivity contribution is 5.98. The second kappa shape index (κ2) is 5.93. The van der Waals surface area contributed by atoms with Crippen molar-refractivity contribution in [1.29, 1.82) is 0 Å². The van der Waals surface area contributed by atoms with Crippen LogP contribution in [0.4, 0.5) is 5.69 Å². The molecule has 0 bridgehead atoms. The van der Waals surface area contributed by atoms with Gasteiger partial charge in [-0.25, -0.2) is 0 Å². The molecule has 1 saturated heterocycles. The number of rotatable bonds is 3. The van der Waals surface area contributed by atoms with E-state index in [1.54, 1.807) is 0 Å². The van der Waals surface area contributed by atoms with Crippen molar-refractivity contribution >= 4 is 11.6 Å². The summed E-state index contributed by atoms with van der Waals surface area (Å²) in [4.78, 5) is 12.6. The van der Waals surface area contributed by atoms with Crippen molar-refractivity contribution in [2.24, 2.45) is 0 Å². The van der Waals surface area contributed by atoms with Gasteiger partial charge in [0.1, 0.15) is 0 Å². The van der Waals surface area contributed by atoms with Crippen molar-refractivity contribution in [2.45, 2.75) is 38.1 Å². The van der Waals surface area contributed by atoms with Gasteiger partial charge in [0.25, 0.3) is 0 Å². The summed E-state index contributed by atoms with van der Waals surface area (Å²) in [6.07, 6.45) is 3.60. The smallest absolute Gasteiger partial charge is 0.244 e. The molecule has 21 heavy (non-hydrogen) atoms. The van der Waals surface area contributed by atoms with E-state index in [1.165, 1.54) is 0 Å². The van der Waals surface area contributed by atoms with Crippen LogP contribution in [0, 0.1) is 0 Å². The van der Waals surface area contributed by atoms with Crippen molar-refractivity contribution in [3.63, 3.8) is 0 Å². The van der Waals surface area contributed by atoms with Crippen LogP contribution in [-0.4, -0.2) is 31.2 Å². The van der Waals surface area contributed by atoms with Crippen molar-refractivity contribution < 1.29 is 14.3 Å². The normalized spacial score (nSPS) is 24.4. The van der Waals surface area contributed by atoms with Crippen LogP contribution in [0.15, 0.2) is 18.2 Å². The summed E-state index contributed by atoms with van der Waals surface area (Å²) in [7, 11) is 0. The largest absolute Gasteiger partial charge is 0.490 e. The van der Waals surface area contributed by atoms with Gasteiger partial charge in [-0.15, -0.1) is 0 Å². The van der Waals surface area contributed by atoms with Crippen LogP contribution in [-0.2, 0) is 4.79 Å². The number of nitrogens with one attached hydrogen (secondary N) is 2. The number of anilines is 1. The van der Waals surface area contributed by atoms with Gasteiger partial charge >= 0.3 is 0 Å². The fraction of sp³-hybridized carbons (Fsp3) is 0.562. The van der Waals surface area contributed by atoms with Crippen LogP contribution in [0.2, 0.25) is 0 Å². The second-order valence-corrected chi connectivity index (χ2v) is 5.63. The van der Waals surface area contributed by atoms with Crippen molar-refractivity contribution in [2.75, 3.05) is 25.1 Å². The highest BCUT2D eigenvalue weighted by Crippen LogP contribution is 2.33. The van der Waals surface area contributed by atoms with Gasteiger partial charge in [0.15, 0.2) is 11.5 Å². The summed E-state index contributed by atoms with van der Waals surface area (Å²) < 4.78 is 11.3. The molecule has 3 rings (SSSR count). The molecule has 0 radical (unpaired) electrons. The maximum atomic E-state index is 12.6. The van der Waals surface area contributed by atoms with Crippen molar-refractivity contribution in [1.82, 2.24) is 5.32 Å². The van der Waals surface area contributed by atoms with E-state index in [0.29, 0.717) is 19.0 Å². The molecule has 0 aromatic heterocycles. The molecule has 2 aliphatic rings. The van der Waals surface area contributed by atoms with Crippen LogP contribution in [0.3, 0.4) is 0 Å². The Hall–Kier alpha value is -1.75. The minimum absolute atomic E-state index is 0.0389. The predicted molar refractivity (Wildman–Crippen MR) is 80.9 cm³/mol. The van der Waals surface area contributed by atoms with Crippen LogP contribution < -0.4 is 20.1 Å². The van der Waals surface area contributed by atoms with E-state index in [-0.39, 0.29) is 5.91 Å². The van der Waals surface area contributed by atoms with E-state index in [1.807, 2.05) is 25.1 Å². The SMILES string of the molecule is CCC1(C(=O)Nc2ccc3c(c2)OCCCO3)CCCN1. The lowest BCUT2D eigenvalue weighted by atomic mass is 9.93. The molecule has 1 amide bonds. The standard InChI is InChI=1S/C16H22N2O3/c1-2-16(7-3-8-17-16)15(19)18-12-5-6-13-14(11-12)21-10-4-9-20-13/h5-6,11,17H,2-4,7-10H2,1H3,(H,18,19). The second-order valence-electron chi connectivity index (χ2n) is 5.63. The Kier molecular flexibility index (Phi) is 4.01. The lowest BCUT2D eigenvalue weighted by Crippen LogP contribution is -2.50. The van der Waals surface area contributed by atoms with Gasteiger partial charge in [-0.2, -0.15) is 0 Å². The average molecular weight is 290 g/mol. The van der Waals surface area contributed by atoms with Gasteiger partial charge in [-0.3, -0.25) is 4.79 Å². The lowest BCUT2D eigenvalue weighted by molar-refractivity contribution is -0.122. The van der Waals surface area contributed by atoms with Gasteiger partial charge in [0, 0.05) is 18.2 Å². The molecule has 2 heterocycles. The van der Waals surface area contributed by atoms with Gasteiger partial charge in [-0.1, -0.05) is 6.92 Å². The fourth-order valence-corrected chi connectivity index (χ4v) is 2.95. The highest BCUT2D eigenvalue weighted by Gasteiger charge is 2.39. The molecule has 114 valence electrons. The summed E-state index contributed by atoms with van der Waals surface area (Å²) in [6, 6.07) is 5.57. The Bertz CT molecular complexity index is 524.